The van der Waals surface area contributed by atoms with Gasteiger partial charge in [0.25, 0.3) is 0 Å². The van der Waals surface area contributed by atoms with Crippen LogP contribution >= 0.6 is 0 Å². The molecule has 0 aromatic heterocycles. The second-order valence-corrected chi connectivity index (χ2v) is 5.00. The molecule has 4 heteroatoms. The van der Waals surface area contributed by atoms with Crippen LogP contribution in [0.5, 0.6) is 11.5 Å². The first-order chi connectivity index (χ1) is 7.88. The Morgan fingerprint density at radius 2 is 2.12 bits per heavy atom. The molecule has 2 N–H and O–H groups in total. The van der Waals surface area contributed by atoms with Crippen LogP contribution in [0.2, 0.25) is 0 Å². The highest BCUT2D eigenvalue weighted by Crippen LogP contribution is 2.37. The Morgan fingerprint density at radius 1 is 1.41 bits per heavy atom. The summed E-state index contributed by atoms with van der Waals surface area (Å²) in [5.41, 5.74) is 0.121. The van der Waals surface area contributed by atoms with Gasteiger partial charge in [0.1, 0.15) is 17.1 Å². The number of benzene rings is 1. The van der Waals surface area contributed by atoms with Crippen molar-refractivity contribution in [2.75, 3.05) is 0 Å². The van der Waals surface area contributed by atoms with Gasteiger partial charge < -0.3 is 14.9 Å². The number of rotatable bonds is 2. The molecule has 0 saturated carbocycles. The third kappa shape index (κ3) is 2.35. The number of cyclic esters (lactones) is 1. The van der Waals surface area contributed by atoms with E-state index in [0.29, 0.717) is 18.4 Å². The van der Waals surface area contributed by atoms with Crippen molar-refractivity contribution >= 4 is 5.97 Å². The molecule has 4 nitrogen and oxygen atoms in total. The highest BCUT2D eigenvalue weighted by atomic mass is 16.6. The predicted octanol–water partition coefficient (Wildman–Crippen LogP) is 1.98. The van der Waals surface area contributed by atoms with Gasteiger partial charge in [-0.2, -0.15) is 0 Å². The van der Waals surface area contributed by atoms with Crippen molar-refractivity contribution < 1.29 is 19.7 Å². The molecule has 17 heavy (non-hydrogen) atoms. The van der Waals surface area contributed by atoms with Gasteiger partial charge in [-0.1, -0.05) is 0 Å². The Bertz CT molecular complexity index is 451. The van der Waals surface area contributed by atoms with E-state index in [1.165, 1.54) is 18.2 Å². The molecule has 1 fully saturated rings. The van der Waals surface area contributed by atoms with Crippen LogP contribution in [0.25, 0.3) is 0 Å². The molecular formula is C13H16O4. The summed E-state index contributed by atoms with van der Waals surface area (Å²) in [7, 11) is 0. The van der Waals surface area contributed by atoms with Crippen molar-refractivity contribution in [3.8, 4) is 11.5 Å². The Hall–Kier alpha value is -1.71. The van der Waals surface area contributed by atoms with Gasteiger partial charge >= 0.3 is 5.97 Å². The number of carbonyl (C=O) groups is 1. The first kappa shape index (κ1) is 11.8. The lowest BCUT2D eigenvalue weighted by Gasteiger charge is -2.24. The quantitative estimate of drug-likeness (QED) is 0.608. The number of esters is 1. The summed E-state index contributed by atoms with van der Waals surface area (Å²) in [6.45, 7) is 3.73. The summed E-state index contributed by atoms with van der Waals surface area (Å²) < 4.78 is 5.22. The number of hydrogen-bond acceptors (Lipinski definition) is 4. The van der Waals surface area contributed by atoms with Gasteiger partial charge in [0.2, 0.25) is 0 Å². The molecule has 0 aliphatic carbocycles. The molecule has 0 spiro atoms. The Labute approximate surface area is 99.8 Å². The molecule has 0 amide bonds. The van der Waals surface area contributed by atoms with Gasteiger partial charge in [-0.3, -0.25) is 4.79 Å². The molecule has 0 bridgehead atoms. The molecule has 1 aromatic carbocycles. The number of phenols is 2. The van der Waals surface area contributed by atoms with E-state index in [1.54, 1.807) is 0 Å². The van der Waals surface area contributed by atoms with Crippen LogP contribution in [0.1, 0.15) is 25.8 Å². The van der Waals surface area contributed by atoms with Crippen LogP contribution in [0.4, 0.5) is 0 Å². The lowest BCUT2D eigenvalue weighted by atomic mass is 9.85. The zero-order chi connectivity index (χ0) is 12.6. The SMILES string of the molecule is CC1(C)OC(=O)C[C@H]1Cc1cc(O)ccc1O. The first-order valence-electron chi connectivity index (χ1n) is 5.61. The van der Waals surface area contributed by atoms with Crippen LogP contribution in [0.15, 0.2) is 18.2 Å². The van der Waals surface area contributed by atoms with E-state index in [1.807, 2.05) is 13.8 Å². The second kappa shape index (κ2) is 3.95. The minimum atomic E-state index is -0.519. The van der Waals surface area contributed by atoms with E-state index in [9.17, 15) is 15.0 Å². The van der Waals surface area contributed by atoms with E-state index < -0.39 is 5.60 Å². The van der Waals surface area contributed by atoms with E-state index in [2.05, 4.69) is 0 Å². The zero-order valence-electron chi connectivity index (χ0n) is 9.93. The summed E-state index contributed by atoms with van der Waals surface area (Å²) in [6, 6.07) is 4.41. The maximum Gasteiger partial charge on any atom is 0.306 e. The number of phenolic OH excluding ortho intramolecular Hbond substituents is 2. The minimum Gasteiger partial charge on any atom is -0.508 e. The van der Waals surface area contributed by atoms with Gasteiger partial charge in [0, 0.05) is 5.92 Å². The Balaban J connectivity index is 2.21. The average molecular weight is 236 g/mol. The van der Waals surface area contributed by atoms with Crippen LogP contribution in [-0.4, -0.2) is 21.8 Å². The van der Waals surface area contributed by atoms with E-state index in [0.717, 1.165) is 0 Å². The number of ether oxygens (including phenoxy) is 1. The zero-order valence-corrected chi connectivity index (χ0v) is 9.93. The molecule has 1 saturated heterocycles. The fourth-order valence-electron chi connectivity index (χ4n) is 2.18. The Kier molecular flexibility index (Phi) is 2.73. The maximum atomic E-state index is 11.3. The summed E-state index contributed by atoms with van der Waals surface area (Å²) >= 11 is 0. The van der Waals surface area contributed by atoms with Gasteiger partial charge in [0.05, 0.1) is 6.42 Å². The van der Waals surface area contributed by atoms with E-state index >= 15 is 0 Å². The summed E-state index contributed by atoms with van der Waals surface area (Å²) in [5.74, 6) is 0.0566. The van der Waals surface area contributed by atoms with Crippen LogP contribution in [0, 0.1) is 5.92 Å². The second-order valence-electron chi connectivity index (χ2n) is 5.00. The smallest absolute Gasteiger partial charge is 0.306 e. The van der Waals surface area contributed by atoms with E-state index in [-0.39, 0.29) is 23.4 Å². The molecule has 92 valence electrons. The van der Waals surface area contributed by atoms with Gasteiger partial charge in [0.15, 0.2) is 0 Å². The maximum absolute atomic E-state index is 11.3. The van der Waals surface area contributed by atoms with Gasteiger partial charge in [-0.05, 0) is 44.0 Å². The Morgan fingerprint density at radius 3 is 2.71 bits per heavy atom. The normalized spacial score (nSPS) is 22.5. The molecule has 1 aromatic rings. The largest absolute Gasteiger partial charge is 0.508 e. The third-order valence-corrected chi connectivity index (χ3v) is 3.30. The molecule has 0 radical (unpaired) electrons. The van der Waals surface area contributed by atoms with Crippen molar-refractivity contribution in [3.63, 3.8) is 0 Å². The number of hydrogen-bond donors (Lipinski definition) is 2. The molecule has 1 atom stereocenters. The molecule has 2 rings (SSSR count). The summed E-state index contributed by atoms with van der Waals surface area (Å²) in [4.78, 5) is 11.3. The minimum absolute atomic E-state index is 0.0164. The summed E-state index contributed by atoms with van der Waals surface area (Å²) in [6.07, 6.45) is 0.862. The van der Waals surface area contributed by atoms with Crippen LogP contribution in [0.3, 0.4) is 0 Å². The highest BCUT2D eigenvalue weighted by Gasteiger charge is 2.41. The van der Waals surface area contributed by atoms with Crippen molar-refractivity contribution in [1.82, 2.24) is 0 Å². The molecular weight excluding hydrogens is 220 g/mol. The van der Waals surface area contributed by atoms with Crippen LogP contribution in [-0.2, 0) is 16.0 Å². The average Bonchev–Trinajstić information content (AvgIpc) is 2.46. The highest BCUT2D eigenvalue weighted by molar-refractivity contribution is 5.72. The van der Waals surface area contributed by atoms with E-state index in [4.69, 9.17) is 4.74 Å². The fraction of sp³-hybridized carbons (Fsp3) is 0.462. The first-order valence-corrected chi connectivity index (χ1v) is 5.61. The summed E-state index contributed by atoms with van der Waals surface area (Å²) in [5, 5.41) is 19.1. The molecule has 0 unspecified atom stereocenters. The predicted molar refractivity (Wildman–Crippen MR) is 61.8 cm³/mol. The molecule has 1 aliphatic heterocycles. The monoisotopic (exact) mass is 236 g/mol. The van der Waals surface area contributed by atoms with Crippen molar-refractivity contribution in [3.05, 3.63) is 23.8 Å². The topological polar surface area (TPSA) is 66.8 Å². The fourth-order valence-corrected chi connectivity index (χ4v) is 2.18. The van der Waals surface area contributed by atoms with Crippen molar-refractivity contribution in [2.24, 2.45) is 5.92 Å². The van der Waals surface area contributed by atoms with Crippen molar-refractivity contribution in [1.29, 1.82) is 0 Å². The number of aromatic hydroxyl groups is 2. The van der Waals surface area contributed by atoms with Gasteiger partial charge in [-0.25, -0.2) is 0 Å². The van der Waals surface area contributed by atoms with Crippen molar-refractivity contribution in [2.45, 2.75) is 32.3 Å². The molecule has 1 aliphatic rings. The number of carbonyl (C=O) groups excluding carboxylic acids is 1. The standard InChI is InChI=1S/C13H16O4/c1-13(2)9(7-12(16)17-13)5-8-6-10(14)3-4-11(8)15/h3-4,6,9,14-15H,5,7H2,1-2H3/t9-/m1/s1. The molecule has 1 heterocycles. The van der Waals surface area contributed by atoms with Gasteiger partial charge in [-0.15, -0.1) is 0 Å². The lowest BCUT2D eigenvalue weighted by Crippen LogP contribution is -2.28. The van der Waals surface area contributed by atoms with Crippen LogP contribution < -0.4 is 0 Å². The lowest BCUT2D eigenvalue weighted by molar-refractivity contribution is -0.146. The third-order valence-electron chi connectivity index (χ3n) is 3.30.